The first kappa shape index (κ1) is 19.9. The van der Waals surface area contributed by atoms with Gasteiger partial charge in [-0.15, -0.1) is 0 Å². The van der Waals surface area contributed by atoms with E-state index >= 15 is 0 Å². The molecule has 3 aliphatic rings. The van der Waals surface area contributed by atoms with Crippen LogP contribution in [0.2, 0.25) is 0 Å². The van der Waals surface area contributed by atoms with Crippen molar-refractivity contribution in [1.82, 2.24) is 10.6 Å². The maximum absolute atomic E-state index is 13.2. The van der Waals surface area contributed by atoms with Crippen LogP contribution in [-0.2, 0) is 4.74 Å². The molecule has 150 valence electrons. The molecule has 2 saturated carbocycles. The van der Waals surface area contributed by atoms with E-state index in [9.17, 15) is 9.18 Å². The molecule has 0 unspecified atom stereocenters. The van der Waals surface area contributed by atoms with Gasteiger partial charge in [0, 0.05) is 6.04 Å². The van der Waals surface area contributed by atoms with Crippen LogP contribution in [0.4, 0.5) is 9.18 Å². The van der Waals surface area contributed by atoms with E-state index in [1.54, 1.807) is 6.08 Å². The number of ether oxygens (including phenoxy) is 1. The summed E-state index contributed by atoms with van der Waals surface area (Å²) < 4.78 is 19.2. The van der Waals surface area contributed by atoms with E-state index in [1.165, 1.54) is 37.8 Å². The number of carbonyl (C=O) groups is 1. The Bertz CT molecular complexity index is 599. The van der Waals surface area contributed by atoms with Crippen molar-refractivity contribution in [3.05, 3.63) is 35.9 Å². The van der Waals surface area contributed by atoms with E-state index < -0.39 is 5.66 Å². The van der Waals surface area contributed by atoms with Gasteiger partial charge >= 0.3 is 6.03 Å². The van der Waals surface area contributed by atoms with Gasteiger partial charge in [-0.05, 0) is 69.2 Å². The third kappa shape index (κ3) is 6.38. The van der Waals surface area contributed by atoms with Crippen molar-refractivity contribution in [3.63, 3.8) is 0 Å². The molecule has 2 fully saturated rings. The van der Waals surface area contributed by atoms with Gasteiger partial charge in [0.05, 0.1) is 11.8 Å². The van der Waals surface area contributed by atoms with Crippen molar-refractivity contribution in [1.29, 1.82) is 0 Å². The number of amides is 2. The molecule has 5 nitrogen and oxygen atoms in total. The Kier molecular flexibility index (Phi) is 6.94. The number of hydrogen-bond acceptors (Lipinski definition) is 3. The summed E-state index contributed by atoms with van der Waals surface area (Å²) in [6, 6.07) is 0.110. The smallest absolute Gasteiger partial charge is 0.316 e. The molecule has 0 radical (unpaired) electrons. The molecule has 3 aliphatic carbocycles. The summed E-state index contributed by atoms with van der Waals surface area (Å²) in [6.45, 7) is 0. The molecular weight excluding hydrogens is 345 g/mol. The lowest BCUT2D eigenvalue weighted by molar-refractivity contribution is 0.0597. The first-order chi connectivity index (χ1) is 13.0. The largest absolute Gasteiger partial charge is 0.491 e. The van der Waals surface area contributed by atoms with Crippen LogP contribution < -0.4 is 16.4 Å². The van der Waals surface area contributed by atoms with Gasteiger partial charge in [-0.1, -0.05) is 25.7 Å². The van der Waals surface area contributed by atoms with Crippen molar-refractivity contribution in [2.75, 3.05) is 0 Å². The van der Waals surface area contributed by atoms with E-state index in [0.717, 1.165) is 25.7 Å². The van der Waals surface area contributed by atoms with Gasteiger partial charge < -0.3 is 21.1 Å². The van der Waals surface area contributed by atoms with Crippen LogP contribution in [0.25, 0.3) is 0 Å². The SMILES string of the molecule is NC1(NC(=O)NC2CCCCCC2)CCC(OC2=CCC=C(F)C=C2)CC1. The Morgan fingerprint density at radius 2 is 1.78 bits per heavy atom. The van der Waals surface area contributed by atoms with E-state index in [4.69, 9.17) is 10.5 Å². The predicted octanol–water partition coefficient (Wildman–Crippen LogP) is 4.32. The minimum Gasteiger partial charge on any atom is -0.491 e. The molecule has 4 N–H and O–H groups in total. The molecule has 0 aromatic carbocycles. The fourth-order valence-corrected chi connectivity index (χ4v) is 4.09. The van der Waals surface area contributed by atoms with Crippen LogP contribution in [0.3, 0.4) is 0 Å². The maximum Gasteiger partial charge on any atom is 0.316 e. The van der Waals surface area contributed by atoms with Gasteiger partial charge in [-0.3, -0.25) is 0 Å². The van der Waals surface area contributed by atoms with E-state index in [2.05, 4.69) is 10.6 Å². The molecule has 0 bridgehead atoms. The highest BCUT2D eigenvalue weighted by atomic mass is 19.1. The average Bonchev–Trinajstić information content (AvgIpc) is 3.00. The molecule has 3 rings (SSSR count). The van der Waals surface area contributed by atoms with Gasteiger partial charge in [0.1, 0.15) is 11.6 Å². The Balaban J connectivity index is 1.42. The predicted molar refractivity (Wildman–Crippen MR) is 104 cm³/mol. The second-order valence-electron chi connectivity index (χ2n) is 8.02. The summed E-state index contributed by atoms with van der Waals surface area (Å²) in [5, 5.41) is 6.09. The zero-order chi connectivity index (χ0) is 19.1. The topological polar surface area (TPSA) is 76.4 Å². The molecule has 2 amide bonds. The fraction of sp³-hybridized carbons (Fsp3) is 0.667. The third-order valence-electron chi connectivity index (χ3n) is 5.72. The lowest BCUT2D eigenvalue weighted by atomic mass is 9.87. The molecule has 0 aromatic heterocycles. The Morgan fingerprint density at radius 1 is 1.07 bits per heavy atom. The molecular formula is C21H32FN3O2. The number of nitrogens with two attached hydrogens (primary N) is 1. The van der Waals surface area contributed by atoms with Gasteiger partial charge in [0.2, 0.25) is 0 Å². The summed E-state index contributed by atoms with van der Waals surface area (Å²) in [4.78, 5) is 12.4. The van der Waals surface area contributed by atoms with Crippen LogP contribution in [0.5, 0.6) is 0 Å². The normalized spacial score (nSPS) is 29.8. The van der Waals surface area contributed by atoms with Crippen molar-refractivity contribution in [2.24, 2.45) is 5.73 Å². The zero-order valence-electron chi connectivity index (χ0n) is 16.0. The average molecular weight is 378 g/mol. The first-order valence-corrected chi connectivity index (χ1v) is 10.3. The molecule has 0 saturated heterocycles. The van der Waals surface area contributed by atoms with Crippen LogP contribution in [-0.4, -0.2) is 23.8 Å². The second-order valence-corrected chi connectivity index (χ2v) is 8.02. The number of carbonyl (C=O) groups excluding carboxylic acids is 1. The maximum atomic E-state index is 13.2. The lowest BCUT2D eigenvalue weighted by Gasteiger charge is -2.38. The van der Waals surface area contributed by atoms with Crippen LogP contribution in [0, 0.1) is 0 Å². The van der Waals surface area contributed by atoms with Crippen LogP contribution in [0.1, 0.15) is 70.6 Å². The number of halogens is 1. The molecule has 27 heavy (non-hydrogen) atoms. The minimum absolute atomic E-state index is 0.0467. The number of allylic oxidation sites excluding steroid dienone is 5. The monoisotopic (exact) mass is 377 g/mol. The first-order valence-electron chi connectivity index (χ1n) is 10.3. The van der Waals surface area contributed by atoms with Crippen LogP contribution >= 0.6 is 0 Å². The van der Waals surface area contributed by atoms with E-state index in [-0.39, 0.29) is 24.0 Å². The highest BCUT2D eigenvalue weighted by Crippen LogP contribution is 2.28. The van der Waals surface area contributed by atoms with Gasteiger partial charge in [-0.25, -0.2) is 9.18 Å². The quantitative estimate of drug-likeness (QED) is 0.504. The minimum atomic E-state index is -0.685. The van der Waals surface area contributed by atoms with Gasteiger partial charge in [0.25, 0.3) is 0 Å². The van der Waals surface area contributed by atoms with E-state index in [1.807, 2.05) is 6.08 Å². The molecule has 0 spiro atoms. The molecule has 0 aliphatic heterocycles. The summed E-state index contributed by atoms with van der Waals surface area (Å²) >= 11 is 0. The fourth-order valence-electron chi connectivity index (χ4n) is 4.09. The number of urea groups is 1. The second kappa shape index (κ2) is 9.40. The van der Waals surface area contributed by atoms with E-state index in [0.29, 0.717) is 25.0 Å². The van der Waals surface area contributed by atoms with Crippen molar-refractivity contribution in [3.8, 4) is 0 Å². The Labute approximate surface area is 161 Å². The molecule has 0 heterocycles. The Hall–Kier alpha value is -1.82. The number of nitrogens with one attached hydrogen (secondary N) is 2. The Morgan fingerprint density at radius 3 is 2.48 bits per heavy atom. The third-order valence-corrected chi connectivity index (χ3v) is 5.72. The van der Waals surface area contributed by atoms with Gasteiger partial charge in [0.15, 0.2) is 0 Å². The summed E-state index contributed by atoms with van der Waals surface area (Å²) in [5.74, 6) is 0.464. The van der Waals surface area contributed by atoms with Crippen molar-refractivity contribution in [2.45, 2.75) is 88.4 Å². The summed E-state index contributed by atoms with van der Waals surface area (Å²) in [6.07, 6.45) is 16.9. The molecule has 0 atom stereocenters. The molecule has 6 heteroatoms. The van der Waals surface area contributed by atoms with Crippen molar-refractivity contribution < 1.29 is 13.9 Å². The van der Waals surface area contributed by atoms with Crippen LogP contribution in [0.15, 0.2) is 35.9 Å². The summed E-state index contributed by atoms with van der Waals surface area (Å²) in [5.41, 5.74) is 5.74. The zero-order valence-corrected chi connectivity index (χ0v) is 16.0. The highest BCUT2D eigenvalue weighted by molar-refractivity contribution is 5.75. The van der Waals surface area contributed by atoms with Gasteiger partial charge in [-0.2, -0.15) is 0 Å². The highest BCUT2D eigenvalue weighted by Gasteiger charge is 2.34. The number of hydrogen-bond donors (Lipinski definition) is 3. The summed E-state index contributed by atoms with van der Waals surface area (Å²) in [7, 11) is 0. The number of rotatable bonds is 4. The lowest BCUT2D eigenvalue weighted by Crippen LogP contribution is -2.61. The van der Waals surface area contributed by atoms with Crippen molar-refractivity contribution >= 4 is 6.03 Å². The standard InChI is InChI=1S/C21H32FN3O2/c22-16-6-5-9-18(11-10-16)27-19-12-14-21(23,15-13-19)25-20(26)24-17-7-3-1-2-4-8-17/h6,9-11,17,19H,1-5,7-8,12-15,23H2,(H2,24,25,26). The molecule has 0 aromatic rings.